The van der Waals surface area contributed by atoms with Crippen molar-refractivity contribution in [1.82, 2.24) is 15.0 Å². The molecular weight excluding hydrogens is 198 g/mol. The van der Waals surface area contributed by atoms with Crippen molar-refractivity contribution in [3.05, 3.63) is 54.1 Å². The molecule has 0 aliphatic heterocycles. The van der Waals surface area contributed by atoms with E-state index in [-0.39, 0.29) is 0 Å². The molecule has 16 heavy (non-hydrogen) atoms. The van der Waals surface area contributed by atoms with Crippen molar-refractivity contribution in [1.29, 1.82) is 0 Å². The first-order valence-electron chi connectivity index (χ1n) is 5.23. The summed E-state index contributed by atoms with van der Waals surface area (Å²) in [5.74, 6) is 0. The molecular formula is C13H11N3. The minimum Gasteiger partial charge on any atom is -0.213 e. The Kier molecular flexibility index (Phi) is 1.96. The SMILES string of the molecule is Cc1ccccc1-n1nnc2ccccc21. The van der Waals surface area contributed by atoms with Gasteiger partial charge in [0.25, 0.3) is 0 Å². The Morgan fingerprint density at radius 3 is 2.56 bits per heavy atom. The predicted molar refractivity (Wildman–Crippen MR) is 63.6 cm³/mol. The van der Waals surface area contributed by atoms with Gasteiger partial charge in [0.05, 0.1) is 11.2 Å². The largest absolute Gasteiger partial charge is 0.213 e. The molecule has 2 aromatic carbocycles. The van der Waals surface area contributed by atoms with Gasteiger partial charge in [-0.3, -0.25) is 0 Å². The molecule has 0 spiro atoms. The van der Waals surface area contributed by atoms with Crippen LogP contribution in [-0.4, -0.2) is 15.0 Å². The fourth-order valence-corrected chi connectivity index (χ4v) is 1.85. The van der Waals surface area contributed by atoms with Gasteiger partial charge in [-0.15, -0.1) is 5.10 Å². The van der Waals surface area contributed by atoms with E-state index in [0.29, 0.717) is 0 Å². The summed E-state index contributed by atoms with van der Waals surface area (Å²) in [6.07, 6.45) is 0. The van der Waals surface area contributed by atoms with Crippen molar-refractivity contribution in [2.24, 2.45) is 0 Å². The van der Waals surface area contributed by atoms with Crippen LogP contribution in [0.15, 0.2) is 48.5 Å². The molecule has 0 saturated carbocycles. The molecule has 3 aromatic rings. The van der Waals surface area contributed by atoms with Gasteiger partial charge in [-0.25, -0.2) is 4.68 Å². The summed E-state index contributed by atoms with van der Waals surface area (Å²) < 4.78 is 1.88. The summed E-state index contributed by atoms with van der Waals surface area (Å²) in [4.78, 5) is 0. The van der Waals surface area contributed by atoms with Gasteiger partial charge in [0, 0.05) is 0 Å². The molecule has 0 saturated heterocycles. The third-order valence-corrected chi connectivity index (χ3v) is 2.70. The Balaban J connectivity index is 2.31. The van der Waals surface area contributed by atoms with E-state index in [9.17, 15) is 0 Å². The Morgan fingerprint density at radius 1 is 0.938 bits per heavy atom. The van der Waals surface area contributed by atoms with Gasteiger partial charge in [0.2, 0.25) is 0 Å². The third kappa shape index (κ3) is 1.29. The molecule has 1 aromatic heterocycles. The van der Waals surface area contributed by atoms with Crippen molar-refractivity contribution >= 4 is 11.0 Å². The van der Waals surface area contributed by atoms with Gasteiger partial charge in [-0.1, -0.05) is 35.5 Å². The molecule has 0 atom stereocenters. The monoisotopic (exact) mass is 209 g/mol. The first kappa shape index (κ1) is 9.09. The van der Waals surface area contributed by atoms with Crippen LogP contribution in [0.1, 0.15) is 5.56 Å². The summed E-state index contributed by atoms with van der Waals surface area (Å²) in [6, 6.07) is 16.1. The van der Waals surface area contributed by atoms with Crippen LogP contribution in [0.25, 0.3) is 16.7 Å². The molecule has 0 N–H and O–H groups in total. The topological polar surface area (TPSA) is 30.7 Å². The van der Waals surface area contributed by atoms with E-state index in [4.69, 9.17) is 0 Å². The van der Waals surface area contributed by atoms with Crippen molar-refractivity contribution in [3.8, 4) is 5.69 Å². The smallest absolute Gasteiger partial charge is 0.113 e. The highest BCUT2D eigenvalue weighted by Crippen LogP contribution is 2.18. The maximum absolute atomic E-state index is 4.19. The minimum atomic E-state index is 0.922. The molecule has 78 valence electrons. The number of para-hydroxylation sites is 2. The van der Waals surface area contributed by atoms with Crippen LogP contribution in [0.3, 0.4) is 0 Å². The zero-order valence-electron chi connectivity index (χ0n) is 8.96. The van der Waals surface area contributed by atoms with E-state index >= 15 is 0 Å². The number of hydrogen-bond donors (Lipinski definition) is 0. The van der Waals surface area contributed by atoms with Gasteiger partial charge in [0.1, 0.15) is 5.52 Å². The first-order chi connectivity index (χ1) is 7.86. The summed E-state index contributed by atoms with van der Waals surface area (Å²) in [5.41, 5.74) is 4.23. The summed E-state index contributed by atoms with van der Waals surface area (Å²) in [7, 11) is 0. The molecule has 3 heteroatoms. The quantitative estimate of drug-likeness (QED) is 0.617. The number of aromatic nitrogens is 3. The molecule has 3 nitrogen and oxygen atoms in total. The van der Waals surface area contributed by atoms with Crippen molar-refractivity contribution in [2.45, 2.75) is 6.92 Å². The molecule has 0 radical (unpaired) electrons. The standard InChI is InChI=1S/C13H11N3/c1-10-6-2-4-8-12(10)16-13-9-5-3-7-11(13)14-15-16/h2-9H,1H3. The van der Waals surface area contributed by atoms with Gasteiger partial charge in [-0.2, -0.15) is 0 Å². The van der Waals surface area contributed by atoms with Crippen LogP contribution in [0, 0.1) is 6.92 Å². The highest BCUT2D eigenvalue weighted by atomic mass is 15.4. The number of rotatable bonds is 1. The second-order valence-electron chi connectivity index (χ2n) is 3.78. The lowest BCUT2D eigenvalue weighted by Crippen LogP contribution is -1.98. The minimum absolute atomic E-state index is 0.922. The molecule has 0 aliphatic rings. The van der Waals surface area contributed by atoms with Crippen molar-refractivity contribution in [3.63, 3.8) is 0 Å². The van der Waals surface area contributed by atoms with E-state index in [1.54, 1.807) is 0 Å². The maximum Gasteiger partial charge on any atom is 0.113 e. The van der Waals surface area contributed by atoms with Crippen LogP contribution in [-0.2, 0) is 0 Å². The molecule has 0 amide bonds. The normalized spacial score (nSPS) is 10.8. The second-order valence-corrected chi connectivity index (χ2v) is 3.78. The van der Waals surface area contributed by atoms with Gasteiger partial charge in [0.15, 0.2) is 0 Å². The van der Waals surface area contributed by atoms with Crippen LogP contribution >= 0.6 is 0 Å². The fourth-order valence-electron chi connectivity index (χ4n) is 1.85. The number of benzene rings is 2. The molecule has 0 bridgehead atoms. The predicted octanol–water partition coefficient (Wildman–Crippen LogP) is 2.73. The summed E-state index contributed by atoms with van der Waals surface area (Å²) >= 11 is 0. The van der Waals surface area contributed by atoms with E-state index in [2.05, 4.69) is 29.4 Å². The van der Waals surface area contributed by atoms with Crippen LogP contribution in [0.5, 0.6) is 0 Å². The van der Waals surface area contributed by atoms with Crippen LogP contribution in [0.4, 0.5) is 0 Å². The number of hydrogen-bond acceptors (Lipinski definition) is 2. The average Bonchev–Trinajstić information content (AvgIpc) is 2.74. The Bertz CT molecular complexity index is 640. The Labute approximate surface area is 93.3 Å². The molecule has 1 heterocycles. The fraction of sp³-hybridized carbons (Fsp3) is 0.0769. The zero-order valence-corrected chi connectivity index (χ0v) is 8.96. The number of fused-ring (bicyclic) bond motifs is 1. The van der Waals surface area contributed by atoms with Gasteiger partial charge >= 0.3 is 0 Å². The molecule has 0 aliphatic carbocycles. The molecule has 0 fully saturated rings. The Morgan fingerprint density at radius 2 is 1.69 bits per heavy atom. The lowest BCUT2D eigenvalue weighted by atomic mass is 10.2. The second kappa shape index (κ2) is 3.45. The van der Waals surface area contributed by atoms with E-state index in [1.165, 1.54) is 5.56 Å². The summed E-state index contributed by atoms with van der Waals surface area (Å²) in [6.45, 7) is 2.08. The first-order valence-corrected chi connectivity index (χ1v) is 5.23. The van der Waals surface area contributed by atoms with E-state index in [0.717, 1.165) is 16.7 Å². The van der Waals surface area contributed by atoms with Crippen LogP contribution < -0.4 is 0 Å². The molecule has 0 unspecified atom stereocenters. The third-order valence-electron chi connectivity index (χ3n) is 2.70. The number of aryl methyl sites for hydroxylation is 1. The van der Waals surface area contributed by atoms with Crippen LogP contribution in [0.2, 0.25) is 0 Å². The molecule has 3 rings (SSSR count). The summed E-state index contributed by atoms with van der Waals surface area (Å²) in [5, 5.41) is 8.34. The average molecular weight is 209 g/mol. The highest BCUT2D eigenvalue weighted by Gasteiger charge is 2.06. The van der Waals surface area contributed by atoms with E-state index in [1.807, 2.05) is 41.1 Å². The zero-order chi connectivity index (χ0) is 11.0. The van der Waals surface area contributed by atoms with Gasteiger partial charge < -0.3 is 0 Å². The Hall–Kier alpha value is -2.16. The van der Waals surface area contributed by atoms with Crippen molar-refractivity contribution < 1.29 is 0 Å². The number of nitrogens with zero attached hydrogens (tertiary/aromatic N) is 3. The van der Waals surface area contributed by atoms with Gasteiger partial charge in [-0.05, 0) is 30.7 Å². The lowest BCUT2D eigenvalue weighted by molar-refractivity contribution is 0.819. The van der Waals surface area contributed by atoms with Crippen molar-refractivity contribution in [2.75, 3.05) is 0 Å². The lowest BCUT2D eigenvalue weighted by Gasteiger charge is -2.05. The maximum atomic E-state index is 4.19. The van der Waals surface area contributed by atoms with E-state index < -0.39 is 0 Å². The highest BCUT2D eigenvalue weighted by molar-refractivity contribution is 5.76.